The lowest BCUT2D eigenvalue weighted by Gasteiger charge is -2.35. The van der Waals surface area contributed by atoms with Crippen molar-refractivity contribution in [3.8, 4) is 0 Å². The Morgan fingerprint density at radius 2 is 1.85 bits per heavy atom. The van der Waals surface area contributed by atoms with Gasteiger partial charge in [0.25, 0.3) is 5.91 Å². The first-order valence-electron chi connectivity index (χ1n) is 9.97. The van der Waals surface area contributed by atoms with Crippen LogP contribution in [0.4, 0.5) is 5.69 Å². The molecule has 3 heterocycles. The minimum atomic E-state index is 0.219. The minimum Gasteiger partial charge on any atom is -0.368 e. The zero-order valence-corrected chi connectivity index (χ0v) is 17.4. The summed E-state index contributed by atoms with van der Waals surface area (Å²) in [4.78, 5) is 23.9. The van der Waals surface area contributed by atoms with Gasteiger partial charge in [0.2, 0.25) is 0 Å². The Kier molecular flexibility index (Phi) is 4.97. The number of carbonyl (C=O) groups is 1. The third-order valence-electron chi connectivity index (χ3n) is 6.11. The number of nitrogens with zero attached hydrogens (tertiary/aromatic N) is 3. The summed E-state index contributed by atoms with van der Waals surface area (Å²) in [6, 6.07) is 6.27. The summed E-state index contributed by atoms with van der Waals surface area (Å²) in [7, 11) is 0. The average molecular weight is 384 g/mol. The van der Waals surface area contributed by atoms with Crippen LogP contribution < -0.4 is 4.90 Å². The van der Waals surface area contributed by atoms with Gasteiger partial charge in [-0.05, 0) is 54.4 Å². The second-order valence-electron chi connectivity index (χ2n) is 8.85. The Balaban J connectivity index is 1.41. The predicted molar refractivity (Wildman–Crippen MR) is 112 cm³/mol. The zero-order chi connectivity index (χ0) is 19.0. The molecule has 0 spiro atoms. The van der Waals surface area contributed by atoms with Gasteiger partial charge in [0.15, 0.2) is 0 Å². The molecule has 144 valence electrons. The van der Waals surface area contributed by atoms with Crippen molar-refractivity contribution in [3.63, 3.8) is 0 Å². The molecule has 1 atom stereocenters. The van der Waals surface area contributed by atoms with Crippen molar-refractivity contribution in [2.75, 3.05) is 31.1 Å². The van der Waals surface area contributed by atoms with E-state index in [4.69, 9.17) is 0 Å². The van der Waals surface area contributed by atoms with Crippen molar-refractivity contribution < 1.29 is 4.79 Å². The van der Waals surface area contributed by atoms with Crippen LogP contribution >= 0.6 is 11.3 Å². The maximum Gasteiger partial charge on any atom is 0.264 e. The molecule has 1 aliphatic carbocycles. The number of fused-ring (bicyclic) bond motifs is 1. The molecule has 2 aromatic rings. The minimum absolute atomic E-state index is 0.219. The molecule has 4 nitrogen and oxygen atoms in total. The van der Waals surface area contributed by atoms with Crippen LogP contribution in [0.1, 0.15) is 47.3 Å². The highest BCUT2D eigenvalue weighted by molar-refractivity contribution is 7.14. The van der Waals surface area contributed by atoms with E-state index < -0.39 is 0 Å². The second-order valence-corrected chi connectivity index (χ2v) is 9.99. The number of thiophene rings is 1. The third-order valence-corrected chi connectivity index (χ3v) is 7.34. The van der Waals surface area contributed by atoms with E-state index in [1.54, 1.807) is 11.3 Å². The van der Waals surface area contributed by atoms with Gasteiger partial charge in [-0.25, -0.2) is 0 Å². The van der Waals surface area contributed by atoms with Gasteiger partial charge in [-0.15, -0.1) is 11.3 Å². The van der Waals surface area contributed by atoms with E-state index in [0.717, 1.165) is 43.9 Å². The lowest BCUT2D eigenvalue weighted by Crippen LogP contribution is -2.48. The van der Waals surface area contributed by atoms with Crippen molar-refractivity contribution in [3.05, 3.63) is 45.9 Å². The number of pyridine rings is 1. The lowest BCUT2D eigenvalue weighted by atomic mass is 9.72. The summed E-state index contributed by atoms with van der Waals surface area (Å²) in [5.74, 6) is 0.933. The smallest absolute Gasteiger partial charge is 0.264 e. The number of anilines is 1. The molecular formula is C22H29N3OS. The van der Waals surface area contributed by atoms with Crippen LogP contribution in [0.25, 0.3) is 0 Å². The van der Waals surface area contributed by atoms with Gasteiger partial charge in [0.1, 0.15) is 0 Å². The summed E-state index contributed by atoms with van der Waals surface area (Å²) < 4.78 is 0. The second kappa shape index (κ2) is 7.27. The summed E-state index contributed by atoms with van der Waals surface area (Å²) in [5.41, 5.74) is 2.95. The monoisotopic (exact) mass is 383 g/mol. The molecule has 1 saturated heterocycles. The molecule has 27 heavy (non-hydrogen) atoms. The van der Waals surface area contributed by atoms with E-state index in [1.165, 1.54) is 22.5 Å². The molecule has 0 aromatic carbocycles. The normalized spacial score (nSPS) is 20.5. The van der Waals surface area contributed by atoms with E-state index >= 15 is 0 Å². The molecule has 0 saturated carbocycles. The molecule has 1 amide bonds. The number of rotatable bonds is 2. The fourth-order valence-corrected chi connectivity index (χ4v) is 5.42. The quantitative estimate of drug-likeness (QED) is 0.778. The van der Waals surface area contributed by atoms with Gasteiger partial charge in [-0.1, -0.05) is 20.8 Å². The molecular weight excluding hydrogens is 354 g/mol. The Morgan fingerprint density at radius 3 is 2.52 bits per heavy atom. The fourth-order valence-electron chi connectivity index (χ4n) is 4.25. The SMILES string of the molecule is CC(C)(C)[C@H]1CCc2sc(C(=O)N3CCN(c4ccncc4)CC3)cc2C1. The van der Waals surface area contributed by atoms with Crippen LogP contribution in [-0.2, 0) is 12.8 Å². The Morgan fingerprint density at radius 1 is 1.15 bits per heavy atom. The number of hydrogen-bond donors (Lipinski definition) is 0. The van der Waals surface area contributed by atoms with Gasteiger partial charge in [-0.3, -0.25) is 9.78 Å². The van der Waals surface area contributed by atoms with E-state index in [0.29, 0.717) is 11.3 Å². The summed E-state index contributed by atoms with van der Waals surface area (Å²) >= 11 is 1.73. The van der Waals surface area contributed by atoms with Crippen LogP contribution in [0.3, 0.4) is 0 Å². The zero-order valence-electron chi connectivity index (χ0n) is 16.6. The van der Waals surface area contributed by atoms with Gasteiger partial charge in [-0.2, -0.15) is 0 Å². The lowest BCUT2D eigenvalue weighted by molar-refractivity contribution is 0.0751. The summed E-state index contributed by atoms with van der Waals surface area (Å²) in [6.45, 7) is 10.3. The first-order valence-corrected chi connectivity index (χ1v) is 10.8. The first-order chi connectivity index (χ1) is 12.9. The highest BCUT2D eigenvalue weighted by Crippen LogP contribution is 2.40. The van der Waals surface area contributed by atoms with E-state index in [1.807, 2.05) is 29.4 Å². The van der Waals surface area contributed by atoms with Gasteiger partial charge < -0.3 is 9.80 Å². The van der Waals surface area contributed by atoms with Crippen LogP contribution in [0.15, 0.2) is 30.6 Å². The molecule has 0 radical (unpaired) electrons. The number of amides is 1. The van der Waals surface area contributed by atoms with E-state index in [9.17, 15) is 4.79 Å². The van der Waals surface area contributed by atoms with Crippen molar-refractivity contribution in [2.45, 2.75) is 40.0 Å². The maximum absolute atomic E-state index is 13.0. The number of aryl methyl sites for hydroxylation is 1. The van der Waals surface area contributed by atoms with Crippen molar-refractivity contribution in [2.24, 2.45) is 11.3 Å². The van der Waals surface area contributed by atoms with Crippen molar-refractivity contribution in [1.29, 1.82) is 0 Å². The summed E-state index contributed by atoms with van der Waals surface area (Å²) in [5, 5.41) is 0. The largest absolute Gasteiger partial charge is 0.368 e. The molecule has 1 aliphatic heterocycles. The van der Waals surface area contributed by atoms with Crippen LogP contribution in [0, 0.1) is 11.3 Å². The average Bonchev–Trinajstić information content (AvgIpc) is 3.11. The highest BCUT2D eigenvalue weighted by Gasteiger charge is 2.31. The third kappa shape index (κ3) is 3.88. The molecule has 2 aliphatic rings. The summed E-state index contributed by atoms with van der Waals surface area (Å²) in [6.07, 6.45) is 7.15. The van der Waals surface area contributed by atoms with Crippen molar-refractivity contribution in [1.82, 2.24) is 9.88 Å². The van der Waals surface area contributed by atoms with Gasteiger partial charge in [0, 0.05) is 49.1 Å². The molecule has 5 heteroatoms. The Labute approximate surface area is 166 Å². The Bertz CT molecular complexity index is 801. The fraction of sp³-hybridized carbons (Fsp3) is 0.545. The number of aromatic nitrogens is 1. The van der Waals surface area contributed by atoms with Crippen LogP contribution in [0.2, 0.25) is 0 Å². The molecule has 0 unspecified atom stereocenters. The predicted octanol–water partition coefficient (Wildman–Crippen LogP) is 4.26. The Hall–Kier alpha value is -1.88. The topological polar surface area (TPSA) is 36.4 Å². The molecule has 0 N–H and O–H groups in total. The highest BCUT2D eigenvalue weighted by atomic mass is 32.1. The maximum atomic E-state index is 13.0. The van der Waals surface area contributed by atoms with Crippen LogP contribution in [0.5, 0.6) is 0 Å². The van der Waals surface area contributed by atoms with E-state index in [-0.39, 0.29) is 5.91 Å². The standard InChI is InChI=1S/C22H29N3OS/c1-22(2,3)17-4-5-19-16(14-17)15-20(27-19)21(26)25-12-10-24(11-13-25)18-6-8-23-9-7-18/h6-9,15,17H,4-5,10-14H2,1-3H3/t17-/m0/s1. The number of piperazine rings is 1. The number of carbonyl (C=O) groups excluding carboxylic acids is 1. The van der Waals surface area contributed by atoms with Crippen LogP contribution in [-0.4, -0.2) is 42.0 Å². The van der Waals surface area contributed by atoms with Gasteiger partial charge in [0.05, 0.1) is 4.88 Å². The van der Waals surface area contributed by atoms with Crippen molar-refractivity contribution >= 4 is 22.9 Å². The number of hydrogen-bond acceptors (Lipinski definition) is 4. The van der Waals surface area contributed by atoms with Gasteiger partial charge >= 0.3 is 0 Å². The molecule has 0 bridgehead atoms. The molecule has 4 rings (SSSR count). The first kappa shape index (κ1) is 18.5. The van der Waals surface area contributed by atoms with E-state index in [2.05, 4.69) is 36.7 Å². The molecule has 1 fully saturated rings. The molecule has 2 aromatic heterocycles.